The monoisotopic (exact) mass is 166 g/mol. The molecule has 0 spiro atoms. The molecule has 0 aromatic carbocycles. The van der Waals surface area contributed by atoms with Crippen LogP contribution in [-0.2, 0) is 11.8 Å². The zero-order chi connectivity index (χ0) is 9.35. The molecule has 0 bridgehead atoms. The molecule has 0 saturated carbocycles. The Morgan fingerprint density at radius 3 is 2.25 bits per heavy atom. The van der Waals surface area contributed by atoms with Gasteiger partial charge in [-0.1, -0.05) is 27.7 Å². The highest BCUT2D eigenvalue weighted by Crippen LogP contribution is 2.25. The summed E-state index contributed by atoms with van der Waals surface area (Å²) in [5.74, 6) is 0.822. The van der Waals surface area contributed by atoms with Gasteiger partial charge in [-0.2, -0.15) is 0 Å². The molecule has 0 atom stereocenters. The number of hydrogen-bond donors (Lipinski definition) is 2. The first kappa shape index (κ1) is 9.17. The van der Waals surface area contributed by atoms with Crippen molar-refractivity contribution in [1.29, 1.82) is 0 Å². The van der Waals surface area contributed by atoms with Gasteiger partial charge in [-0.25, -0.2) is 0 Å². The second-order valence-corrected chi connectivity index (χ2v) is 4.23. The number of rotatable bonds is 1. The van der Waals surface area contributed by atoms with Crippen LogP contribution in [0.1, 0.15) is 39.0 Å². The lowest BCUT2D eigenvalue weighted by molar-refractivity contribution is 0.573. The van der Waals surface area contributed by atoms with E-state index < -0.39 is 0 Å². The molecule has 0 radical (unpaired) electrons. The summed E-state index contributed by atoms with van der Waals surface area (Å²) < 4.78 is 0. The molecule has 12 heavy (non-hydrogen) atoms. The summed E-state index contributed by atoms with van der Waals surface area (Å²) in [6.45, 7) is 8.65. The first-order valence-electron chi connectivity index (χ1n) is 4.43. The molecule has 1 rings (SSSR count). The van der Waals surface area contributed by atoms with E-state index in [9.17, 15) is 0 Å². The first-order chi connectivity index (χ1) is 5.45. The van der Waals surface area contributed by atoms with Crippen molar-refractivity contribution in [2.24, 2.45) is 0 Å². The van der Waals surface area contributed by atoms with Crippen LogP contribution in [0.5, 0.6) is 0 Å². The van der Waals surface area contributed by atoms with Gasteiger partial charge in [-0.15, -0.1) is 0 Å². The van der Waals surface area contributed by atoms with Gasteiger partial charge in [0.2, 0.25) is 0 Å². The fourth-order valence-corrected chi connectivity index (χ4v) is 1.21. The summed E-state index contributed by atoms with van der Waals surface area (Å²) in [6.07, 6.45) is 0.998. The Kier molecular flexibility index (Phi) is 2.18. The Balaban J connectivity index is 3.05. The smallest absolute Gasteiger partial charge is 0.104 e. The van der Waals surface area contributed by atoms with Gasteiger partial charge in [0.15, 0.2) is 0 Å². The normalized spacial score (nSPS) is 12.0. The van der Waals surface area contributed by atoms with E-state index in [-0.39, 0.29) is 5.41 Å². The van der Waals surface area contributed by atoms with Crippen molar-refractivity contribution in [2.45, 2.75) is 39.5 Å². The maximum atomic E-state index is 5.79. The fraction of sp³-hybridized carbons (Fsp3) is 0.600. The van der Waals surface area contributed by atoms with Gasteiger partial charge in [0.25, 0.3) is 0 Å². The molecular weight excluding hydrogens is 148 g/mol. The van der Waals surface area contributed by atoms with Gasteiger partial charge in [0.1, 0.15) is 5.82 Å². The predicted molar refractivity (Wildman–Crippen MR) is 53.3 cm³/mol. The number of aryl methyl sites for hydroxylation is 1. The van der Waals surface area contributed by atoms with Crippen molar-refractivity contribution < 1.29 is 0 Å². The van der Waals surface area contributed by atoms with Crippen molar-refractivity contribution in [2.75, 3.05) is 5.73 Å². The van der Waals surface area contributed by atoms with E-state index >= 15 is 0 Å². The van der Waals surface area contributed by atoms with Crippen LogP contribution in [0, 0.1) is 0 Å². The largest absolute Gasteiger partial charge is 0.385 e. The summed E-state index contributed by atoms with van der Waals surface area (Å²) >= 11 is 0. The average molecular weight is 166 g/mol. The summed E-state index contributed by atoms with van der Waals surface area (Å²) in [6, 6.07) is 2.16. The molecule has 2 nitrogen and oxygen atoms in total. The minimum Gasteiger partial charge on any atom is -0.385 e. The SMILES string of the molecule is CCc1cc(C(C)(C)C)[nH]c1N. The molecular formula is C10H18N2. The number of H-pyrrole nitrogens is 1. The van der Waals surface area contributed by atoms with Gasteiger partial charge in [0.05, 0.1) is 0 Å². The Morgan fingerprint density at radius 2 is 2.00 bits per heavy atom. The number of aromatic nitrogens is 1. The Hall–Kier alpha value is -0.920. The molecule has 0 aliphatic rings. The van der Waals surface area contributed by atoms with Crippen molar-refractivity contribution >= 4 is 5.82 Å². The summed E-state index contributed by atoms with van der Waals surface area (Å²) in [5.41, 5.74) is 8.40. The lowest BCUT2D eigenvalue weighted by atomic mass is 9.92. The zero-order valence-electron chi connectivity index (χ0n) is 8.36. The van der Waals surface area contributed by atoms with Crippen LogP contribution in [-0.4, -0.2) is 4.98 Å². The third-order valence-electron chi connectivity index (χ3n) is 2.12. The Labute approximate surface area is 74.2 Å². The van der Waals surface area contributed by atoms with Crippen molar-refractivity contribution in [3.8, 4) is 0 Å². The van der Waals surface area contributed by atoms with Crippen molar-refractivity contribution in [3.05, 3.63) is 17.3 Å². The standard InChI is InChI=1S/C10H18N2/c1-5-7-6-8(10(2,3)4)12-9(7)11/h6,12H,5,11H2,1-4H3. The van der Waals surface area contributed by atoms with Gasteiger partial charge >= 0.3 is 0 Å². The predicted octanol–water partition coefficient (Wildman–Crippen LogP) is 2.46. The summed E-state index contributed by atoms with van der Waals surface area (Å²) in [7, 11) is 0. The van der Waals surface area contributed by atoms with Crippen LogP contribution in [0.3, 0.4) is 0 Å². The van der Waals surface area contributed by atoms with E-state index in [4.69, 9.17) is 5.73 Å². The highest BCUT2D eigenvalue weighted by Gasteiger charge is 2.16. The number of hydrogen-bond acceptors (Lipinski definition) is 1. The van der Waals surface area contributed by atoms with Crippen LogP contribution in [0.4, 0.5) is 5.82 Å². The van der Waals surface area contributed by atoms with Crippen molar-refractivity contribution in [3.63, 3.8) is 0 Å². The van der Waals surface area contributed by atoms with Gasteiger partial charge in [0, 0.05) is 11.1 Å². The molecule has 0 fully saturated rings. The van der Waals surface area contributed by atoms with E-state index in [0.29, 0.717) is 0 Å². The topological polar surface area (TPSA) is 41.8 Å². The zero-order valence-corrected chi connectivity index (χ0v) is 8.36. The molecule has 1 aromatic heterocycles. The maximum absolute atomic E-state index is 5.79. The van der Waals surface area contributed by atoms with Crippen LogP contribution >= 0.6 is 0 Å². The van der Waals surface area contributed by atoms with E-state index in [1.54, 1.807) is 0 Å². The summed E-state index contributed by atoms with van der Waals surface area (Å²) in [4.78, 5) is 3.21. The number of nitrogens with one attached hydrogen (secondary N) is 1. The molecule has 0 amide bonds. The van der Waals surface area contributed by atoms with Crippen molar-refractivity contribution in [1.82, 2.24) is 4.98 Å². The maximum Gasteiger partial charge on any atom is 0.104 e. The lowest BCUT2D eigenvalue weighted by Gasteiger charge is -2.15. The van der Waals surface area contributed by atoms with E-state index in [2.05, 4.69) is 38.7 Å². The number of aromatic amines is 1. The minimum absolute atomic E-state index is 0.168. The first-order valence-corrected chi connectivity index (χ1v) is 4.43. The fourth-order valence-electron chi connectivity index (χ4n) is 1.21. The molecule has 2 heteroatoms. The molecule has 0 saturated heterocycles. The summed E-state index contributed by atoms with van der Waals surface area (Å²) in [5, 5.41) is 0. The van der Waals surface area contributed by atoms with Crippen LogP contribution in [0.25, 0.3) is 0 Å². The molecule has 0 unspecified atom stereocenters. The van der Waals surface area contributed by atoms with E-state index in [1.165, 1.54) is 11.3 Å². The van der Waals surface area contributed by atoms with Crippen LogP contribution in [0.2, 0.25) is 0 Å². The van der Waals surface area contributed by atoms with Gasteiger partial charge < -0.3 is 10.7 Å². The van der Waals surface area contributed by atoms with E-state index in [1.807, 2.05) is 0 Å². The second-order valence-electron chi connectivity index (χ2n) is 4.23. The van der Waals surface area contributed by atoms with Gasteiger partial charge in [-0.3, -0.25) is 0 Å². The molecule has 68 valence electrons. The number of nitrogens with two attached hydrogens (primary N) is 1. The number of anilines is 1. The molecule has 1 aromatic rings. The second kappa shape index (κ2) is 2.85. The molecule has 1 heterocycles. The highest BCUT2D eigenvalue weighted by atomic mass is 14.9. The third kappa shape index (κ3) is 1.63. The Morgan fingerprint density at radius 1 is 1.42 bits per heavy atom. The van der Waals surface area contributed by atoms with E-state index in [0.717, 1.165) is 12.2 Å². The third-order valence-corrected chi connectivity index (χ3v) is 2.12. The lowest BCUT2D eigenvalue weighted by Crippen LogP contribution is -2.11. The molecule has 3 N–H and O–H groups in total. The number of nitrogen functional groups attached to an aromatic ring is 1. The van der Waals surface area contributed by atoms with Gasteiger partial charge in [-0.05, 0) is 18.1 Å². The van der Waals surface area contributed by atoms with Crippen LogP contribution in [0.15, 0.2) is 6.07 Å². The highest BCUT2D eigenvalue weighted by molar-refractivity contribution is 5.44. The quantitative estimate of drug-likeness (QED) is 0.661. The molecule has 0 aliphatic heterocycles. The molecule has 0 aliphatic carbocycles. The average Bonchev–Trinajstić information content (AvgIpc) is 2.29. The minimum atomic E-state index is 0.168. The Bertz CT molecular complexity index is 266. The van der Waals surface area contributed by atoms with Crippen LogP contribution < -0.4 is 5.73 Å².